The third kappa shape index (κ3) is 5.53. The highest BCUT2D eigenvalue weighted by molar-refractivity contribution is 7.99. The number of aromatic nitrogens is 3. The number of carbonyl (C=O) groups excluding carboxylic acids is 1. The Labute approximate surface area is 199 Å². The van der Waals surface area contributed by atoms with Crippen molar-refractivity contribution in [2.75, 3.05) is 11.1 Å². The Morgan fingerprint density at radius 1 is 1.06 bits per heavy atom. The van der Waals surface area contributed by atoms with Crippen LogP contribution in [0, 0.1) is 5.82 Å². The van der Waals surface area contributed by atoms with E-state index < -0.39 is 11.9 Å². The van der Waals surface area contributed by atoms with Crippen LogP contribution in [0.5, 0.6) is 5.75 Å². The number of thioether (sulfide) groups is 1. The molecule has 0 aliphatic rings. The molecule has 4 rings (SSSR count). The molecule has 168 valence electrons. The van der Waals surface area contributed by atoms with Crippen molar-refractivity contribution >= 4 is 35.0 Å². The van der Waals surface area contributed by atoms with E-state index in [0.29, 0.717) is 21.7 Å². The van der Waals surface area contributed by atoms with Crippen LogP contribution in [0.4, 0.5) is 10.1 Å². The third-order valence-corrected chi connectivity index (χ3v) is 5.92. The third-order valence-electron chi connectivity index (χ3n) is 4.66. The summed E-state index contributed by atoms with van der Waals surface area (Å²) in [5.74, 6) is 0.0203. The molecule has 1 N–H and O–H groups in total. The van der Waals surface area contributed by atoms with Gasteiger partial charge < -0.3 is 10.1 Å². The summed E-state index contributed by atoms with van der Waals surface area (Å²) in [5, 5.41) is 12.3. The number of rotatable bonds is 8. The molecule has 3 aromatic carbocycles. The Kier molecular flexibility index (Phi) is 7.26. The maximum absolute atomic E-state index is 14.1. The van der Waals surface area contributed by atoms with Gasteiger partial charge in [-0.3, -0.25) is 9.36 Å². The van der Waals surface area contributed by atoms with E-state index in [4.69, 9.17) is 16.3 Å². The number of ether oxygens (including phenoxy) is 1. The lowest BCUT2D eigenvalue weighted by Crippen LogP contribution is -2.15. The molecule has 1 amide bonds. The highest BCUT2D eigenvalue weighted by Crippen LogP contribution is 2.29. The maximum Gasteiger partial charge on any atom is 0.234 e. The average molecular weight is 483 g/mol. The average Bonchev–Trinajstić information content (AvgIpc) is 3.25. The second kappa shape index (κ2) is 10.5. The molecule has 33 heavy (non-hydrogen) atoms. The second-order valence-electron chi connectivity index (χ2n) is 7.02. The number of nitrogens with one attached hydrogen (secondary N) is 1. The molecule has 1 atom stereocenters. The number of anilines is 1. The van der Waals surface area contributed by atoms with Crippen molar-refractivity contribution in [3.63, 3.8) is 0 Å². The largest absolute Gasteiger partial charge is 0.480 e. The smallest absolute Gasteiger partial charge is 0.234 e. The molecule has 0 bridgehead atoms. The van der Waals surface area contributed by atoms with E-state index in [1.54, 1.807) is 54.0 Å². The number of hydrogen-bond acceptors (Lipinski definition) is 5. The Morgan fingerprint density at radius 2 is 1.76 bits per heavy atom. The van der Waals surface area contributed by atoms with Gasteiger partial charge in [0.15, 0.2) is 28.7 Å². The summed E-state index contributed by atoms with van der Waals surface area (Å²) < 4.78 is 21.7. The molecular weight excluding hydrogens is 463 g/mol. The summed E-state index contributed by atoms with van der Waals surface area (Å²) in [6.07, 6.45) is -0.596. The van der Waals surface area contributed by atoms with Crippen LogP contribution in [0.25, 0.3) is 5.69 Å². The number of amides is 1. The lowest BCUT2D eigenvalue weighted by molar-refractivity contribution is -0.113. The molecule has 1 aromatic heterocycles. The molecule has 0 aliphatic heterocycles. The highest BCUT2D eigenvalue weighted by atomic mass is 35.5. The Hall–Kier alpha value is -3.36. The quantitative estimate of drug-likeness (QED) is 0.315. The fourth-order valence-electron chi connectivity index (χ4n) is 3.12. The molecule has 1 unspecified atom stereocenters. The van der Waals surface area contributed by atoms with E-state index in [0.717, 1.165) is 5.69 Å². The standard InChI is InChI=1S/C24H20ClFN4O2S/c1-16(32-21-14-8-6-12-19(21)26)23-28-29-24(30(23)17-9-3-2-4-10-17)33-15-22(31)27-20-13-7-5-11-18(20)25/h2-14,16H,15H2,1H3,(H,27,31). The number of hydrogen-bond donors (Lipinski definition) is 1. The van der Waals surface area contributed by atoms with E-state index in [9.17, 15) is 9.18 Å². The van der Waals surface area contributed by atoms with Crippen molar-refractivity contribution in [3.05, 3.63) is 95.5 Å². The summed E-state index contributed by atoms with van der Waals surface area (Å²) in [6.45, 7) is 1.77. The zero-order valence-corrected chi connectivity index (χ0v) is 19.2. The molecule has 0 saturated carbocycles. The normalized spacial score (nSPS) is 11.7. The summed E-state index contributed by atoms with van der Waals surface area (Å²) in [7, 11) is 0. The molecular formula is C24H20ClFN4O2S. The molecule has 4 aromatic rings. The maximum atomic E-state index is 14.1. The molecule has 1 heterocycles. The lowest BCUT2D eigenvalue weighted by Gasteiger charge is -2.17. The van der Waals surface area contributed by atoms with Crippen LogP contribution in [0.1, 0.15) is 18.9 Å². The minimum atomic E-state index is -0.596. The zero-order chi connectivity index (χ0) is 23.2. The van der Waals surface area contributed by atoms with Crippen molar-refractivity contribution < 1.29 is 13.9 Å². The van der Waals surface area contributed by atoms with E-state index in [1.807, 2.05) is 30.3 Å². The van der Waals surface area contributed by atoms with Gasteiger partial charge in [0, 0.05) is 5.69 Å². The topological polar surface area (TPSA) is 69.0 Å². The van der Waals surface area contributed by atoms with Gasteiger partial charge in [-0.2, -0.15) is 0 Å². The van der Waals surface area contributed by atoms with Gasteiger partial charge in [0.2, 0.25) is 5.91 Å². The molecule has 0 spiro atoms. The van der Waals surface area contributed by atoms with Gasteiger partial charge in [-0.1, -0.05) is 65.8 Å². The van der Waals surface area contributed by atoms with E-state index in [1.165, 1.54) is 17.8 Å². The number of benzene rings is 3. The van der Waals surface area contributed by atoms with E-state index >= 15 is 0 Å². The fourth-order valence-corrected chi connectivity index (χ4v) is 4.06. The van der Waals surface area contributed by atoms with Crippen molar-refractivity contribution in [3.8, 4) is 11.4 Å². The summed E-state index contributed by atoms with van der Waals surface area (Å²) in [4.78, 5) is 12.5. The molecule has 0 aliphatic carbocycles. The van der Waals surface area contributed by atoms with Crippen LogP contribution in [0.2, 0.25) is 5.02 Å². The van der Waals surface area contributed by atoms with Crippen molar-refractivity contribution in [2.45, 2.75) is 18.2 Å². The second-order valence-corrected chi connectivity index (χ2v) is 8.37. The minimum Gasteiger partial charge on any atom is -0.480 e. The van der Waals surface area contributed by atoms with Crippen LogP contribution in [-0.4, -0.2) is 26.4 Å². The SMILES string of the molecule is CC(Oc1ccccc1F)c1nnc(SCC(=O)Nc2ccccc2Cl)n1-c1ccccc1. The van der Waals surface area contributed by atoms with E-state index in [2.05, 4.69) is 15.5 Å². The van der Waals surface area contributed by atoms with Gasteiger partial charge in [0.1, 0.15) is 0 Å². The van der Waals surface area contributed by atoms with Gasteiger partial charge in [0.25, 0.3) is 0 Å². The highest BCUT2D eigenvalue weighted by Gasteiger charge is 2.22. The number of nitrogens with zero attached hydrogens (tertiary/aromatic N) is 3. The summed E-state index contributed by atoms with van der Waals surface area (Å²) in [5.41, 5.74) is 1.34. The Balaban J connectivity index is 1.56. The van der Waals surface area contributed by atoms with Crippen LogP contribution >= 0.6 is 23.4 Å². The van der Waals surface area contributed by atoms with Gasteiger partial charge in [-0.15, -0.1) is 10.2 Å². The monoisotopic (exact) mass is 482 g/mol. The first-order valence-electron chi connectivity index (χ1n) is 10.1. The number of para-hydroxylation sites is 3. The van der Waals surface area contributed by atoms with Crippen molar-refractivity contribution in [2.24, 2.45) is 0 Å². The van der Waals surface area contributed by atoms with Crippen molar-refractivity contribution in [1.82, 2.24) is 14.8 Å². The first-order valence-corrected chi connectivity index (χ1v) is 11.5. The predicted octanol–water partition coefficient (Wildman–Crippen LogP) is 5.93. The Bertz CT molecular complexity index is 1250. The number of carbonyl (C=O) groups is 1. The van der Waals surface area contributed by atoms with Crippen LogP contribution in [0.15, 0.2) is 84.0 Å². The summed E-state index contributed by atoms with van der Waals surface area (Å²) in [6, 6.07) is 22.7. The van der Waals surface area contributed by atoms with Gasteiger partial charge >= 0.3 is 0 Å². The number of halogens is 2. The van der Waals surface area contributed by atoms with Gasteiger partial charge in [-0.25, -0.2) is 4.39 Å². The predicted molar refractivity (Wildman–Crippen MR) is 128 cm³/mol. The van der Waals surface area contributed by atoms with Gasteiger partial charge in [0.05, 0.1) is 16.5 Å². The fraction of sp³-hybridized carbons (Fsp3) is 0.125. The van der Waals surface area contributed by atoms with Crippen LogP contribution in [-0.2, 0) is 4.79 Å². The van der Waals surface area contributed by atoms with Crippen LogP contribution in [0.3, 0.4) is 0 Å². The van der Waals surface area contributed by atoms with Crippen molar-refractivity contribution in [1.29, 1.82) is 0 Å². The lowest BCUT2D eigenvalue weighted by atomic mass is 10.3. The molecule has 9 heteroatoms. The molecule has 0 saturated heterocycles. The van der Waals surface area contributed by atoms with Gasteiger partial charge in [-0.05, 0) is 43.3 Å². The zero-order valence-electron chi connectivity index (χ0n) is 17.6. The van der Waals surface area contributed by atoms with Crippen LogP contribution < -0.4 is 10.1 Å². The molecule has 6 nitrogen and oxygen atoms in total. The Morgan fingerprint density at radius 3 is 2.52 bits per heavy atom. The minimum absolute atomic E-state index is 0.0960. The summed E-state index contributed by atoms with van der Waals surface area (Å²) >= 11 is 7.35. The molecule has 0 radical (unpaired) electrons. The molecule has 0 fully saturated rings. The van der Waals surface area contributed by atoms with E-state index in [-0.39, 0.29) is 17.4 Å². The first kappa shape index (κ1) is 22.8. The first-order chi connectivity index (χ1) is 16.0.